The quantitative estimate of drug-likeness (QED) is 0.827. The maximum Gasteiger partial charge on any atom is 0.131 e. The third-order valence-electron chi connectivity index (χ3n) is 1.94. The van der Waals surface area contributed by atoms with Gasteiger partial charge in [0.15, 0.2) is 0 Å². The van der Waals surface area contributed by atoms with Gasteiger partial charge in [-0.1, -0.05) is 15.9 Å². The fourth-order valence-electron chi connectivity index (χ4n) is 1.31. The topological polar surface area (TPSA) is 22.1 Å². The maximum atomic E-state index is 13.1. The number of hydrogen-bond acceptors (Lipinski definition) is 2. The lowest BCUT2D eigenvalue weighted by Crippen LogP contribution is -1.87. The predicted octanol–water partition coefficient (Wildman–Crippen LogP) is 4.08. The van der Waals surface area contributed by atoms with Gasteiger partial charge in [0.25, 0.3) is 0 Å². The smallest absolute Gasteiger partial charge is 0.131 e. The first-order chi connectivity index (χ1) is 7.63. The van der Waals surface area contributed by atoms with Crippen molar-refractivity contribution in [3.63, 3.8) is 0 Å². The van der Waals surface area contributed by atoms with Crippen molar-refractivity contribution in [2.45, 2.75) is 6.92 Å². The molecule has 0 N–H and O–H groups in total. The van der Waals surface area contributed by atoms with Crippen LogP contribution in [0, 0.1) is 12.7 Å². The Kier molecular flexibility index (Phi) is 3.19. The van der Waals surface area contributed by atoms with Crippen LogP contribution in [-0.4, -0.2) is 4.98 Å². The molecular formula is C12H9BrFNO. The molecule has 0 aliphatic rings. The van der Waals surface area contributed by atoms with Crippen LogP contribution in [0.1, 0.15) is 5.69 Å². The molecule has 0 aliphatic carbocycles. The Morgan fingerprint density at radius 1 is 1.19 bits per heavy atom. The Morgan fingerprint density at radius 2 is 2.00 bits per heavy atom. The van der Waals surface area contributed by atoms with Crippen molar-refractivity contribution in [2.75, 3.05) is 0 Å². The van der Waals surface area contributed by atoms with E-state index in [1.54, 1.807) is 24.4 Å². The Labute approximate surface area is 101 Å². The minimum absolute atomic E-state index is 0.338. The van der Waals surface area contributed by atoms with Gasteiger partial charge in [-0.3, -0.25) is 4.98 Å². The molecule has 0 spiro atoms. The van der Waals surface area contributed by atoms with Crippen molar-refractivity contribution in [3.8, 4) is 11.5 Å². The zero-order valence-electron chi connectivity index (χ0n) is 8.58. The second-order valence-corrected chi connectivity index (χ2v) is 4.26. The average Bonchev–Trinajstić information content (AvgIpc) is 2.15. The molecule has 0 fully saturated rings. The molecular weight excluding hydrogens is 273 g/mol. The van der Waals surface area contributed by atoms with Crippen LogP contribution < -0.4 is 4.74 Å². The van der Waals surface area contributed by atoms with Crippen LogP contribution in [0.15, 0.2) is 41.0 Å². The molecule has 0 radical (unpaired) electrons. The van der Waals surface area contributed by atoms with Gasteiger partial charge in [0.05, 0.1) is 0 Å². The van der Waals surface area contributed by atoms with Crippen molar-refractivity contribution in [1.29, 1.82) is 0 Å². The summed E-state index contributed by atoms with van der Waals surface area (Å²) in [5.74, 6) is 0.762. The first-order valence-electron chi connectivity index (χ1n) is 4.70. The van der Waals surface area contributed by atoms with Crippen LogP contribution in [0.4, 0.5) is 4.39 Å². The molecule has 2 rings (SSSR count). The molecule has 16 heavy (non-hydrogen) atoms. The highest BCUT2D eigenvalue weighted by atomic mass is 79.9. The number of aryl methyl sites for hydroxylation is 1. The SMILES string of the molecule is Cc1cc(Oc2cc(F)cc(Br)c2)ccn1. The summed E-state index contributed by atoms with van der Waals surface area (Å²) >= 11 is 3.21. The largest absolute Gasteiger partial charge is 0.457 e. The van der Waals surface area contributed by atoms with E-state index in [2.05, 4.69) is 20.9 Å². The molecule has 0 atom stereocenters. The molecule has 0 saturated carbocycles. The number of benzene rings is 1. The first kappa shape index (κ1) is 11.1. The van der Waals surface area contributed by atoms with Gasteiger partial charge in [0.2, 0.25) is 0 Å². The van der Waals surface area contributed by atoms with Crippen molar-refractivity contribution >= 4 is 15.9 Å². The highest BCUT2D eigenvalue weighted by Crippen LogP contribution is 2.25. The number of ether oxygens (including phenoxy) is 1. The summed E-state index contributed by atoms with van der Waals surface area (Å²) in [6.45, 7) is 1.87. The number of pyridine rings is 1. The molecule has 1 aromatic heterocycles. The summed E-state index contributed by atoms with van der Waals surface area (Å²) in [7, 11) is 0. The lowest BCUT2D eigenvalue weighted by atomic mass is 10.3. The van der Waals surface area contributed by atoms with Gasteiger partial charge < -0.3 is 4.74 Å². The normalized spacial score (nSPS) is 10.2. The molecule has 0 amide bonds. The van der Waals surface area contributed by atoms with E-state index < -0.39 is 0 Å². The molecule has 0 bridgehead atoms. The molecule has 2 aromatic rings. The van der Waals surface area contributed by atoms with Gasteiger partial charge in [-0.05, 0) is 25.1 Å². The van der Waals surface area contributed by atoms with E-state index in [1.807, 2.05) is 6.92 Å². The second-order valence-electron chi connectivity index (χ2n) is 3.34. The minimum atomic E-state index is -0.338. The number of hydrogen-bond donors (Lipinski definition) is 0. The molecule has 1 heterocycles. The summed E-state index contributed by atoms with van der Waals surface area (Å²) in [5, 5.41) is 0. The third kappa shape index (κ3) is 2.79. The van der Waals surface area contributed by atoms with Crippen LogP contribution >= 0.6 is 15.9 Å². The van der Waals surface area contributed by atoms with Crippen molar-refractivity contribution < 1.29 is 9.13 Å². The Morgan fingerprint density at radius 3 is 2.69 bits per heavy atom. The standard InChI is InChI=1S/C12H9BrFNO/c1-8-4-11(2-3-15-8)16-12-6-9(13)5-10(14)7-12/h2-7H,1H3. The lowest BCUT2D eigenvalue weighted by Gasteiger charge is -2.06. The third-order valence-corrected chi connectivity index (χ3v) is 2.40. The van der Waals surface area contributed by atoms with Crippen LogP contribution in [-0.2, 0) is 0 Å². The van der Waals surface area contributed by atoms with Gasteiger partial charge >= 0.3 is 0 Å². The predicted molar refractivity (Wildman–Crippen MR) is 63.1 cm³/mol. The van der Waals surface area contributed by atoms with Crippen molar-refractivity contribution in [1.82, 2.24) is 4.98 Å². The van der Waals surface area contributed by atoms with Gasteiger partial charge in [0, 0.05) is 28.5 Å². The Bertz CT molecular complexity index is 496. The number of nitrogens with zero attached hydrogens (tertiary/aromatic N) is 1. The number of aromatic nitrogens is 1. The van der Waals surface area contributed by atoms with E-state index in [1.165, 1.54) is 12.1 Å². The molecule has 0 saturated heterocycles. The van der Waals surface area contributed by atoms with Crippen LogP contribution in [0.2, 0.25) is 0 Å². The summed E-state index contributed by atoms with van der Waals surface area (Å²) in [4.78, 5) is 4.05. The zero-order chi connectivity index (χ0) is 11.5. The number of rotatable bonds is 2. The van der Waals surface area contributed by atoms with Gasteiger partial charge in [-0.15, -0.1) is 0 Å². The fourth-order valence-corrected chi connectivity index (χ4v) is 1.75. The van der Waals surface area contributed by atoms with Gasteiger partial charge in [-0.2, -0.15) is 0 Å². The van der Waals surface area contributed by atoms with E-state index in [4.69, 9.17) is 4.74 Å². The maximum absolute atomic E-state index is 13.1. The molecule has 4 heteroatoms. The summed E-state index contributed by atoms with van der Waals surface area (Å²) in [5.41, 5.74) is 0.855. The Balaban J connectivity index is 2.27. The monoisotopic (exact) mass is 281 g/mol. The van der Waals surface area contributed by atoms with Crippen LogP contribution in [0.25, 0.3) is 0 Å². The van der Waals surface area contributed by atoms with E-state index in [0.29, 0.717) is 16.0 Å². The summed E-state index contributed by atoms with van der Waals surface area (Å²) in [6, 6.07) is 7.94. The highest BCUT2D eigenvalue weighted by Gasteiger charge is 2.02. The molecule has 0 aliphatic heterocycles. The summed E-state index contributed by atoms with van der Waals surface area (Å²) < 4.78 is 19.2. The second kappa shape index (κ2) is 4.61. The van der Waals surface area contributed by atoms with Crippen molar-refractivity contribution in [3.05, 3.63) is 52.5 Å². The zero-order valence-corrected chi connectivity index (χ0v) is 10.2. The Hall–Kier alpha value is -1.42. The molecule has 2 nitrogen and oxygen atoms in total. The molecule has 0 unspecified atom stereocenters. The highest BCUT2D eigenvalue weighted by molar-refractivity contribution is 9.10. The van der Waals surface area contributed by atoms with Gasteiger partial charge in [0.1, 0.15) is 17.3 Å². The molecule has 82 valence electrons. The fraction of sp³-hybridized carbons (Fsp3) is 0.0833. The van der Waals surface area contributed by atoms with Gasteiger partial charge in [-0.25, -0.2) is 4.39 Å². The van der Waals surface area contributed by atoms with E-state index in [0.717, 1.165) is 5.69 Å². The summed E-state index contributed by atoms with van der Waals surface area (Å²) in [6.07, 6.45) is 1.65. The average molecular weight is 282 g/mol. The van der Waals surface area contributed by atoms with Crippen LogP contribution in [0.5, 0.6) is 11.5 Å². The minimum Gasteiger partial charge on any atom is -0.457 e. The van der Waals surface area contributed by atoms with E-state index in [9.17, 15) is 4.39 Å². The molecule has 1 aromatic carbocycles. The number of halogens is 2. The first-order valence-corrected chi connectivity index (χ1v) is 5.49. The van der Waals surface area contributed by atoms with Crippen LogP contribution in [0.3, 0.4) is 0 Å². The van der Waals surface area contributed by atoms with E-state index in [-0.39, 0.29) is 5.82 Å². The lowest BCUT2D eigenvalue weighted by molar-refractivity contribution is 0.475. The van der Waals surface area contributed by atoms with Crippen molar-refractivity contribution in [2.24, 2.45) is 0 Å². The van der Waals surface area contributed by atoms with E-state index >= 15 is 0 Å².